The van der Waals surface area contributed by atoms with Crippen LogP contribution in [0.1, 0.15) is 87.6 Å². The number of pyridine rings is 1. The Morgan fingerprint density at radius 3 is 2.64 bits per heavy atom. The van der Waals surface area contributed by atoms with Crippen LogP contribution in [0.2, 0.25) is 0 Å². The first-order chi connectivity index (χ1) is 16.0. The second-order valence-electron chi connectivity index (χ2n) is 10.9. The van der Waals surface area contributed by atoms with Crippen molar-refractivity contribution in [1.29, 1.82) is 0 Å². The molecule has 0 spiro atoms. The Hall–Kier alpha value is -1.95. The van der Waals surface area contributed by atoms with Crippen molar-refractivity contribution in [3.63, 3.8) is 0 Å². The number of carbonyl (C=O) groups is 2. The van der Waals surface area contributed by atoms with E-state index in [1.165, 1.54) is 36.2 Å². The molecule has 1 atom stereocenters. The number of amides is 1. The van der Waals surface area contributed by atoms with Crippen LogP contribution in [0.25, 0.3) is 0 Å². The lowest BCUT2D eigenvalue weighted by Gasteiger charge is -2.41. The van der Waals surface area contributed by atoms with Gasteiger partial charge < -0.3 is 15.2 Å². The summed E-state index contributed by atoms with van der Waals surface area (Å²) in [4.78, 5) is 29.4. The molecule has 4 aliphatic rings. The quantitative estimate of drug-likeness (QED) is 0.522. The van der Waals surface area contributed by atoms with Crippen molar-refractivity contribution >= 4 is 11.9 Å². The normalized spacial score (nSPS) is 26.4. The molecule has 1 heterocycles. The summed E-state index contributed by atoms with van der Waals surface area (Å²) >= 11 is 0. The molecule has 180 valence electrons. The number of aromatic nitrogens is 1. The number of hydrogen-bond donors (Lipinski definition) is 2. The van der Waals surface area contributed by atoms with Crippen LogP contribution in [-0.4, -0.2) is 40.7 Å². The van der Waals surface area contributed by atoms with Crippen molar-refractivity contribution in [2.45, 2.75) is 102 Å². The number of nitrogens with one attached hydrogen (secondary N) is 1. The van der Waals surface area contributed by atoms with Crippen molar-refractivity contribution in [2.24, 2.45) is 17.3 Å². The second kappa shape index (κ2) is 9.73. The minimum atomic E-state index is -0.957. The van der Waals surface area contributed by atoms with Crippen LogP contribution in [0.15, 0.2) is 12.1 Å². The third kappa shape index (κ3) is 5.11. The van der Waals surface area contributed by atoms with E-state index in [1.54, 1.807) is 0 Å². The van der Waals surface area contributed by atoms with Gasteiger partial charge in [-0.15, -0.1) is 0 Å². The first kappa shape index (κ1) is 22.8. The fourth-order valence-corrected chi connectivity index (χ4v) is 6.09. The van der Waals surface area contributed by atoms with Crippen LogP contribution in [0.3, 0.4) is 0 Å². The molecule has 3 saturated carbocycles. The van der Waals surface area contributed by atoms with Gasteiger partial charge in [0.15, 0.2) is 0 Å². The monoisotopic (exact) mass is 454 g/mol. The van der Waals surface area contributed by atoms with Crippen LogP contribution in [0.5, 0.6) is 0 Å². The van der Waals surface area contributed by atoms with E-state index in [9.17, 15) is 14.7 Å². The number of nitrogens with zero attached hydrogens (tertiary/aromatic N) is 1. The van der Waals surface area contributed by atoms with Crippen LogP contribution < -0.4 is 5.32 Å². The lowest BCUT2D eigenvalue weighted by atomic mass is 9.64. The first-order valence-corrected chi connectivity index (χ1v) is 13.2. The smallest absolute Gasteiger partial charge is 0.326 e. The molecule has 4 aliphatic carbocycles. The third-order valence-corrected chi connectivity index (χ3v) is 8.66. The molecule has 3 fully saturated rings. The van der Waals surface area contributed by atoms with Gasteiger partial charge in [0, 0.05) is 24.4 Å². The average molecular weight is 455 g/mol. The van der Waals surface area contributed by atoms with Crippen molar-refractivity contribution < 1.29 is 19.4 Å². The summed E-state index contributed by atoms with van der Waals surface area (Å²) in [6.45, 7) is 0.386. The molecule has 6 heteroatoms. The maximum absolute atomic E-state index is 12.8. The topological polar surface area (TPSA) is 88.5 Å². The lowest BCUT2D eigenvalue weighted by Crippen LogP contribution is -2.52. The molecule has 0 bridgehead atoms. The van der Waals surface area contributed by atoms with Crippen LogP contribution in [-0.2, 0) is 33.6 Å². The summed E-state index contributed by atoms with van der Waals surface area (Å²) in [7, 11) is 0. The number of fused-ring (bicyclic) bond motifs is 1. The van der Waals surface area contributed by atoms with Gasteiger partial charge in [-0.05, 0) is 101 Å². The third-order valence-electron chi connectivity index (χ3n) is 8.66. The van der Waals surface area contributed by atoms with Crippen molar-refractivity contribution in [3.8, 4) is 0 Å². The molecule has 1 amide bonds. The predicted molar refractivity (Wildman–Crippen MR) is 125 cm³/mol. The molecule has 33 heavy (non-hydrogen) atoms. The number of rotatable bonds is 11. The van der Waals surface area contributed by atoms with Gasteiger partial charge in [0.05, 0.1) is 11.5 Å². The highest BCUT2D eigenvalue weighted by molar-refractivity contribution is 5.88. The minimum absolute atomic E-state index is 0.0388. The van der Waals surface area contributed by atoms with Gasteiger partial charge in [-0.3, -0.25) is 9.78 Å². The van der Waals surface area contributed by atoms with Crippen molar-refractivity contribution in [1.82, 2.24) is 10.3 Å². The van der Waals surface area contributed by atoms with Crippen LogP contribution in [0, 0.1) is 17.3 Å². The highest BCUT2D eigenvalue weighted by atomic mass is 16.5. The molecule has 6 nitrogen and oxygen atoms in total. The summed E-state index contributed by atoms with van der Waals surface area (Å²) in [6, 6.07) is 3.63. The van der Waals surface area contributed by atoms with Gasteiger partial charge >= 0.3 is 5.97 Å². The Labute approximate surface area is 196 Å². The van der Waals surface area contributed by atoms with E-state index in [4.69, 9.17) is 9.72 Å². The number of aliphatic carboxylic acids is 1. The molecule has 0 radical (unpaired) electrons. The van der Waals surface area contributed by atoms with E-state index in [2.05, 4.69) is 17.4 Å². The van der Waals surface area contributed by atoms with Gasteiger partial charge in [0.2, 0.25) is 5.91 Å². The fourth-order valence-electron chi connectivity index (χ4n) is 6.09. The molecule has 5 rings (SSSR count). The van der Waals surface area contributed by atoms with E-state index in [0.717, 1.165) is 64.2 Å². The molecular weight excluding hydrogens is 416 g/mol. The van der Waals surface area contributed by atoms with E-state index in [0.29, 0.717) is 24.9 Å². The molecule has 0 unspecified atom stereocenters. The molecule has 0 aromatic carbocycles. The SMILES string of the molecule is O=C(O)[C@H](CCOC1CC(CCc2ccc3c(n2)CCCC3)C1)NC(=O)C1(C2CC2)CCC1. The zero-order valence-electron chi connectivity index (χ0n) is 19.7. The summed E-state index contributed by atoms with van der Waals surface area (Å²) in [5.41, 5.74) is 3.70. The van der Waals surface area contributed by atoms with Gasteiger partial charge in [-0.2, -0.15) is 0 Å². The number of ether oxygens (including phenoxy) is 1. The predicted octanol–water partition coefficient (Wildman–Crippen LogP) is 4.23. The number of hydrogen-bond acceptors (Lipinski definition) is 4. The summed E-state index contributed by atoms with van der Waals surface area (Å²) in [5.74, 6) is 0.143. The van der Waals surface area contributed by atoms with Gasteiger partial charge in [0.25, 0.3) is 0 Å². The second-order valence-corrected chi connectivity index (χ2v) is 10.9. The highest BCUT2D eigenvalue weighted by Crippen LogP contribution is 2.57. The zero-order chi connectivity index (χ0) is 22.8. The van der Waals surface area contributed by atoms with E-state index >= 15 is 0 Å². The molecular formula is C27H38N2O4. The Balaban J connectivity index is 0.998. The Bertz CT molecular complexity index is 871. The van der Waals surface area contributed by atoms with E-state index < -0.39 is 12.0 Å². The maximum Gasteiger partial charge on any atom is 0.326 e. The standard InChI is InChI=1S/C27H38N2O4/c30-25(31)24(29-26(32)27(13-3-14-27)20-8-9-20)12-15-33-22-16-18(17-22)6-10-21-11-7-19-4-1-2-5-23(19)28-21/h7,11,18,20,22,24H,1-6,8-10,12-17H2,(H,29,32)(H,30,31)/t18?,22?,24-/m0/s1. The minimum Gasteiger partial charge on any atom is -0.480 e. The maximum atomic E-state index is 12.8. The Kier molecular flexibility index (Phi) is 6.73. The molecule has 0 saturated heterocycles. The van der Waals surface area contributed by atoms with E-state index in [1.807, 2.05) is 0 Å². The first-order valence-electron chi connectivity index (χ1n) is 13.2. The van der Waals surface area contributed by atoms with Gasteiger partial charge in [-0.25, -0.2) is 4.79 Å². The highest BCUT2D eigenvalue weighted by Gasteiger charge is 2.54. The molecule has 1 aromatic rings. The molecule has 2 N–H and O–H groups in total. The summed E-state index contributed by atoms with van der Waals surface area (Å²) in [6.07, 6.45) is 14.8. The number of carbonyl (C=O) groups excluding carboxylic acids is 1. The fraction of sp³-hybridized carbons (Fsp3) is 0.741. The zero-order valence-corrected chi connectivity index (χ0v) is 19.7. The van der Waals surface area contributed by atoms with E-state index in [-0.39, 0.29) is 17.4 Å². The number of carboxylic acid groups (broad SMARTS) is 1. The largest absolute Gasteiger partial charge is 0.480 e. The Morgan fingerprint density at radius 1 is 1.15 bits per heavy atom. The number of aryl methyl sites for hydroxylation is 3. The summed E-state index contributed by atoms with van der Waals surface area (Å²) < 4.78 is 5.95. The van der Waals surface area contributed by atoms with Crippen molar-refractivity contribution in [2.75, 3.05) is 6.61 Å². The summed E-state index contributed by atoms with van der Waals surface area (Å²) in [5, 5.41) is 12.4. The molecule has 1 aromatic heterocycles. The van der Waals surface area contributed by atoms with Crippen LogP contribution in [0.4, 0.5) is 0 Å². The Morgan fingerprint density at radius 2 is 1.94 bits per heavy atom. The van der Waals surface area contributed by atoms with Crippen molar-refractivity contribution in [3.05, 3.63) is 29.1 Å². The van der Waals surface area contributed by atoms with Gasteiger partial charge in [-0.1, -0.05) is 12.5 Å². The number of carboxylic acids is 1. The average Bonchev–Trinajstić information content (AvgIpc) is 3.58. The lowest BCUT2D eigenvalue weighted by molar-refractivity contribution is -0.147. The van der Waals surface area contributed by atoms with Crippen LogP contribution >= 0.6 is 0 Å². The molecule has 0 aliphatic heterocycles. The van der Waals surface area contributed by atoms with Gasteiger partial charge in [0.1, 0.15) is 6.04 Å².